The maximum Gasteiger partial charge on any atom is 0.124 e. The number of methoxy groups -OCH3 is 1. The van der Waals surface area contributed by atoms with Gasteiger partial charge in [0.15, 0.2) is 0 Å². The molecule has 0 aliphatic rings. The summed E-state index contributed by atoms with van der Waals surface area (Å²) in [6.07, 6.45) is 0. The van der Waals surface area contributed by atoms with Crippen molar-refractivity contribution in [1.82, 2.24) is 15.2 Å². The van der Waals surface area contributed by atoms with Crippen molar-refractivity contribution in [3.8, 4) is 26.9 Å². The van der Waals surface area contributed by atoms with Crippen molar-refractivity contribution < 1.29 is 9.13 Å². The predicted octanol–water partition coefficient (Wildman–Crippen LogP) is 6.02. The van der Waals surface area contributed by atoms with Crippen molar-refractivity contribution >= 4 is 23.1 Å². The van der Waals surface area contributed by atoms with Crippen LogP contribution in [0.5, 0.6) is 5.75 Å². The summed E-state index contributed by atoms with van der Waals surface area (Å²) in [7, 11) is 1.65. The average Bonchev–Trinajstić information content (AvgIpc) is 3.14. The number of thioether (sulfide) groups is 1. The zero-order chi connectivity index (χ0) is 20.2. The molecule has 0 aliphatic carbocycles. The van der Waals surface area contributed by atoms with Crippen molar-refractivity contribution in [3.05, 3.63) is 77.7 Å². The van der Waals surface area contributed by atoms with Gasteiger partial charge in [0.1, 0.15) is 27.3 Å². The van der Waals surface area contributed by atoms with E-state index >= 15 is 0 Å². The highest BCUT2D eigenvalue weighted by Crippen LogP contribution is 2.35. The summed E-state index contributed by atoms with van der Waals surface area (Å²) in [5.41, 5.74) is 3.69. The lowest BCUT2D eigenvalue weighted by molar-refractivity contribution is 0.415. The van der Waals surface area contributed by atoms with E-state index in [0.717, 1.165) is 43.2 Å². The van der Waals surface area contributed by atoms with E-state index in [1.807, 2.05) is 49.4 Å². The number of ether oxygens (including phenoxy) is 1. The van der Waals surface area contributed by atoms with E-state index in [-0.39, 0.29) is 5.82 Å². The number of benzene rings is 2. The maximum atomic E-state index is 13.3. The van der Waals surface area contributed by atoms with Crippen LogP contribution in [0.25, 0.3) is 21.1 Å². The number of hydrogen-bond donors (Lipinski definition) is 0. The van der Waals surface area contributed by atoms with Crippen LogP contribution in [0.15, 0.2) is 65.7 Å². The van der Waals surface area contributed by atoms with Crippen LogP contribution in [-0.4, -0.2) is 22.3 Å². The molecule has 4 nitrogen and oxygen atoms in total. The van der Waals surface area contributed by atoms with Crippen LogP contribution < -0.4 is 4.74 Å². The van der Waals surface area contributed by atoms with Gasteiger partial charge in [-0.25, -0.2) is 9.37 Å². The molecular formula is C22H18FN3OS2. The molecule has 0 aliphatic heterocycles. The standard InChI is InChI=1S/C22H18FN3OS2/c1-14-21(29-22(24-14)16-6-8-18(27-2)9-7-16)19-10-11-20(26-25-19)28-13-15-4-3-5-17(23)12-15/h3-12H,13H2,1-2H3. The summed E-state index contributed by atoms with van der Waals surface area (Å²) < 4.78 is 18.5. The molecule has 0 spiro atoms. The van der Waals surface area contributed by atoms with Crippen LogP contribution in [0.1, 0.15) is 11.3 Å². The molecule has 146 valence electrons. The lowest BCUT2D eigenvalue weighted by atomic mass is 10.2. The quantitative estimate of drug-likeness (QED) is 0.355. The molecule has 0 fully saturated rings. The molecule has 0 saturated heterocycles. The number of nitrogens with zero attached hydrogens (tertiary/aromatic N) is 3. The normalized spacial score (nSPS) is 10.9. The second-order valence-corrected chi connectivity index (χ2v) is 8.33. The van der Waals surface area contributed by atoms with Crippen molar-refractivity contribution in [1.29, 1.82) is 0 Å². The van der Waals surface area contributed by atoms with Gasteiger partial charge in [0.25, 0.3) is 0 Å². The molecule has 29 heavy (non-hydrogen) atoms. The van der Waals surface area contributed by atoms with Crippen molar-refractivity contribution in [2.75, 3.05) is 7.11 Å². The Morgan fingerprint density at radius 3 is 2.55 bits per heavy atom. The third-order valence-electron chi connectivity index (χ3n) is 4.28. The Balaban J connectivity index is 1.49. The molecule has 2 aromatic carbocycles. The van der Waals surface area contributed by atoms with Crippen LogP contribution in [0, 0.1) is 12.7 Å². The van der Waals surface area contributed by atoms with Gasteiger partial charge < -0.3 is 4.74 Å². The lowest BCUT2D eigenvalue weighted by Crippen LogP contribution is -1.90. The van der Waals surface area contributed by atoms with E-state index in [4.69, 9.17) is 4.74 Å². The van der Waals surface area contributed by atoms with Crippen LogP contribution in [0.2, 0.25) is 0 Å². The van der Waals surface area contributed by atoms with Gasteiger partial charge in [-0.3, -0.25) is 0 Å². The molecule has 0 unspecified atom stereocenters. The van der Waals surface area contributed by atoms with Crippen molar-refractivity contribution in [2.24, 2.45) is 0 Å². The molecule has 2 heterocycles. The van der Waals surface area contributed by atoms with Crippen LogP contribution >= 0.6 is 23.1 Å². The molecule has 0 saturated carbocycles. The fourth-order valence-corrected chi connectivity index (χ4v) is 4.59. The first-order valence-corrected chi connectivity index (χ1v) is 10.8. The Kier molecular flexibility index (Phi) is 5.87. The second-order valence-electron chi connectivity index (χ2n) is 6.34. The summed E-state index contributed by atoms with van der Waals surface area (Å²) in [5.74, 6) is 1.24. The van der Waals surface area contributed by atoms with Gasteiger partial charge in [-0.05, 0) is 61.0 Å². The Labute approximate surface area is 176 Å². The number of thiazole rings is 1. The minimum absolute atomic E-state index is 0.224. The van der Waals surface area contributed by atoms with Crippen LogP contribution in [0.4, 0.5) is 4.39 Å². The summed E-state index contributed by atoms with van der Waals surface area (Å²) in [6, 6.07) is 18.4. The smallest absolute Gasteiger partial charge is 0.124 e. The van der Waals surface area contributed by atoms with Gasteiger partial charge in [-0.1, -0.05) is 23.9 Å². The fourth-order valence-electron chi connectivity index (χ4n) is 2.79. The number of aromatic nitrogens is 3. The average molecular weight is 424 g/mol. The third kappa shape index (κ3) is 4.63. The summed E-state index contributed by atoms with van der Waals surface area (Å²) in [4.78, 5) is 5.69. The number of rotatable bonds is 6. The first-order chi connectivity index (χ1) is 14.1. The topological polar surface area (TPSA) is 47.9 Å². The van der Waals surface area contributed by atoms with Gasteiger partial charge in [-0.15, -0.1) is 21.5 Å². The zero-order valence-electron chi connectivity index (χ0n) is 15.9. The van der Waals surface area contributed by atoms with Gasteiger partial charge in [-0.2, -0.15) is 0 Å². The van der Waals surface area contributed by atoms with E-state index in [9.17, 15) is 4.39 Å². The summed E-state index contributed by atoms with van der Waals surface area (Å²) >= 11 is 3.13. The van der Waals surface area contributed by atoms with E-state index in [1.165, 1.54) is 23.9 Å². The number of hydrogen-bond acceptors (Lipinski definition) is 6. The third-order valence-corrected chi connectivity index (χ3v) is 6.50. The summed E-state index contributed by atoms with van der Waals surface area (Å²) in [5, 5.41) is 10.4. The number of halogens is 1. The minimum atomic E-state index is -0.224. The molecule has 0 atom stereocenters. The van der Waals surface area contributed by atoms with E-state index in [0.29, 0.717) is 5.75 Å². The van der Waals surface area contributed by atoms with Crippen LogP contribution in [0.3, 0.4) is 0 Å². The monoisotopic (exact) mass is 423 g/mol. The van der Waals surface area contributed by atoms with Gasteiger partial charge in [0, 0.05) is 11.3 Å². The zero-order valence-corrected chi connectivity index (χ0v) is 17.6. The van der Waals surface area contributed by atoms with Gasteiger partial charge in [0.05, 0.1) is 17.7 Å². The SMILES string of the molecule is COc1ccc(-c2nc(C)c(-c3ccc(SCc4cccc(F)c4)nn3)s2)cc1. The maximum absolute atomic E-state index is 13.3. The minimum Gasteiger partial charge on any atom is -0.497 e. The molecule has 2 aromatic heterocycles. The highest BCUT2D eigenvalue weighted by molar-refractivity contribution is 7.98. The Morgan fingerprint density at radius 1 is 1.03 bits per heavy atom. The lowest BCUT2D eigenvalue weighted by Gasteiger charge is -2.02. The van der Waals surface area contributed by atoms with Gasteiger partial charge in [0.2, 0.25) is 0 Å². The first kappa shape index (κ1) is 19.5. The molecular weight excluding hydrogens is 405 g/mol. The second kappa shape index (κ2) is 8.71. The molecule has 0 radical (unpaired) electrons. The Morgan fingerprint density at radius 2 is 1.86 bits per heavy atom. The Hall–Kier alpha value is -2.77. The molecule has 4 aromatic rings. The summed E-state index contributed by atoms with van der Waals surface area (Å²) in [6.45, 7) is 1.98. The number of aryl methyl sites for hydroxylation is 1. The largest absolute Gasteiger partial charge is 0.497 e. The highest BCUT2D eigenvalue weighted by atomic mass is 32.2. The predicted molar refractivity (Wildman–Crippen MR) is 116 cm³/mol. The van der Waals surface area contributed by atoms with E-state index in [1.54, 1.807) is 24.5 Å². The first-order valence-electron chi connectivity index (χ1n) is 8.95. The van der Waals surface area contributed by atoms with Gasteiger partial charge >= 0.3 is 0 Å². The molecule has 7 heteroatoms. The molecule has 0 amide bonds. The van der Waals surface area contributed by atoms with Crippen LogP contribution in [-0.2, 0) is 5.75 Å². The van der Waals surface area contributed by atoms with Crippen molar-refractivity contribution in [3.63, 3.8) is 0 Å². The van der Waals surface area contributed by atoms with E-state index < -0.39 is 0 Å². The Bertz CT molecular complexity index is 1110. The van der Waals surface area contributed by atoms with E-state index in [2.05, 4.69) is 15.2 Å². The fraction of sp³-hybridized carbons (Fsp3) is 0.136. The molecule has 0 bridgehead atoms. The molecule has 4 rings (SSSR count). The van der Waals surface area contributed by atoms with Crippen molar-refractivity contribution in [2.45, 2.75) is 17.7 Å². The molecule has 0 N–H and O–H groups in total. The highest BCUT2D eigenvalue weighted by Gasteiger charge is 2.13.